The molecular formula is C12H28N2O2. The first-order chi connectivity index (χ1) is 7.47. The monoisotopic (exact) mass is 232 g/mol. The molecule has 0 saturated heterocycles. The molecular weight excluding hydrogens is 204 g/mol. The number of unbranched alkanes of at least 4 members (excludes halogenated alkanes) is 1. The zero-order chi connectivity index (χ0) is 12.6. The first-order valence-corrected chi connectivity index (χ1v) is 6.35. The Balaban J connectivity index is 3.68. The molecule has 4 atom stereocenters. The smallest absolute Gasteiger partial charge is 0.117 e. The number of rotatable bonds is 9. The summed E-state index contributed by atoms with van der Waals surface area (Å²) in [5.41, 5.74) is 5.44. The van der Waals surface area contributed by atoms with E-state index in [-0.39, 0.29) is 6.04 Å². The van der Waals surface area contributed by atoms with Crippen molar-refractivity contribution in [2.24, 2.45) is 11.7 Å². The first-order valence-electron chi connectivity index (χ1n) is 6.35. The third kappa shape index (κ3) is 8.05. The summed E-state index contributed by atoms with van der Waals surface area (Å²) >= 11 is 0. The summed E-state index contributed by atoms with van der Waals surface area (Å²) in [6.07, 6.45) is 3.89. The average Bonchev–Trinajstić information content (AvgIpc) is 2.21. The van der Waals surface area contributed by atoms with Gasteiger partial charge in [0.25, 0.3) is 0 Å². The topological polar surface area (TPSA) is 78.5 Å². The van der Waals surface area contributed by atoms with E-state index in [1.54, 1.807) is 6.92 Å². The Morgan fingerprint density at radius 3 is 2.12 bits per heavy atom. The molecule has 2 unspecified atom stereocenters. The van der Waals surface area contributed by atoms with Crippen molar-refractivity contribution in [1.82, 2.24) is 5.32 Å². The second-order valence-electron chi connectivity index (χ2n) is 4.74. The van der Waals surface area contributed by atoms with Crippen molar-refractivity contribution in [2.75, 3.05) is 0 Å². The maximum atomic E-state index is 9.32. The Bertz CT molecular complexity index is 163. The van der Waals surface area contributed by atoms with Gasteiger partial charge in [-0.15, -0.1) is 0 Å². The Morgan fingerprint density at radius 1 is 1.12 bits per heavy atom. The number of hydrogen-bond acceptors (Lipinski definition) is 4. The lowest BCUT2D eigenvalue weighted by atomic mass is 9.99. The highest BCUT2D eigenvalue weighted by Gasteiger charge is 2.16. The Morgan fingerprint density at radius 2 is 1.69 bits per heavy atom. The summed E-state index contributed by atoms with van der Waals surface area (Å²) in [5, 5.41) is 21.4. The summed E-state index contributed by atoms with van der Waals surface area (Å²) in [6.45, 7) is 6.09. The van der Waals surface area contributed by atoms with Gasteiger partial charge in [0.1, 0.15) is 12.5 Å². The van der Waals surface area contributed by atoms with Crippen LogP contribution in [0.15, 0.2) is 0 Å². The van der Waals surface area contributed by atoms with Crippen molar-refractivity contribution in [3.05, 3.63) is 0 Å². The molecule has 0 rings (SSSR count). The maximum Gasteiger partial charge on any atom is 0.117 e. The van der Waals surface area contributed by atoms with E-state index in [4.69, 9.17) is 5.73 Å². The van der Waals surface area contributed by atoms with Crippen molar-refractivity contribution in [1.29, 1.82) is 0 Å². The van der Waals surface area contributed by atoms with Crippen LogP contribution in [0.5, 0.6) is 0 Å². The highest BCUT2D eigenvalue weighted by molar-refractivity contribution is 4.72. The van der Waals surface area contributed by atoms with Gasteiger partial charge in [0, 0.05) is 6.04 Å². The molecule has 0 aromatic heterocycles. The molecule has 0 aromatic carbocycles. The maximum absolute atomic E-state index is 9.32. The molecule has 0 aliphatic heterocycles. The number of aliphatic hydroxyl groups excluding tert-OH is 2. The van der Waals surface area contributed by atoms with Crippen LogP contribution in [0.1, 0.15) is 52.9 Å². The van der Waals surface area contributed by atoms with Crippen LogP contribution >= 0.6 is 0 Å². The SMILES string of the molecule is CCC(C)CCCCC(N[C@@H](C)O)[C@@H](N)O. The second-order valence-corrected chi connectivity index (χ2v) is 4.74. The molecule has 0 fully saturated rings. The van der Waals surface area contributed by atoms with E-state index >= 15 is 0 Å². The van der Waals surface area contributed by atoms with Gasteiger partial charge in [-0.1, -0.05) is 39.5 Å². The van der Waals surface area contributed by atoms with Gasteiger partial charge in [0.05, 0.1) is 0 Å². The number of hydrogen-bond donors (Lipinski definition) is 4. The molecule has 0 aliphatic carbocycles. The molecule has 0 aromatic rings. The van der Waals surface area contributed by atoms with Gasteiger partial charge in [-0.05, 0) is 19.3 Å². The average molecular weight is 232 g/mol. The standard InChI is InChI=1S/C12H28N2O2/c1-4-9(2)7-5-6-8-11(12(13)16)14-10(3)15/h9-12,14-16H,4-8,13H2,1-3H3/t9?,10-,11?,12+/m1/s1. The second kappa shape index (κ2) is 8.93. The summed E-state index contributed by atoms with van der Waals surface area (Å²) in [4.78, 5) is 0. The third-order valence-corrected chi connectivity index (χ3v) is 3.03. The fourth-order valence-electron chi connectivity index (χ4n) is 1.72. The van der Waals surface area contributed by atoms with Crippen LogP contribution in [0.4, 0.5) is 0 Å². The molecule has 5 N–H and O–H groups in total. The number of nitrogens with one attached hydrogen (secondary N) is 1. The Labute approximate surface area is 99.2 Å². The highest BCUT2D eigenvalue weighted by Crippen LogP contribution is 2.13. The molecule has 0 heterocycles. The number of aliphatic hydroxyl groups is 2. The lowest BCUT2D eigenvalue weighted by Gasteiger charge is -2.23. The third-order valence-electron chi connectivity index (χ3n) is 3.03. The summed E-state index contributed by atoms with van der Waals surface area (Å²) in [5.74, 6) is 0.769. The van der Waals surface area contributed by atoms with Crippen molar-refractivity contribution in [2.45, 2.75) is 71.4 Å². The van der Waals surface area contributed by atoms with Gasteiger partial charge in [-0.2, -0.15) is 0 Å². The Kier molecular flexibility index (Phi) is 8.84. The van der Waals surface area contributed by atoms with Gasteiger partial charge in [-0.3, -0.25) is 5.32 Å². The molecule has 0 bridgehead atoms. The minimum Gasteiger partial charge on any atom is -0.379 e. The Hall–Kier alpha value is -0.160. The summed E-state index contributed by atoms with van der Waals surface area (Å²) in [7, 11) is 0. The first kappa shape index (κ1) is 15.8. The molecule has 0 spiro atoms. The van der Waals surface area contributed by atoms with Crippen LogP contribution in [-0.2, 0) is 0 Å². The van der Waals surface area contributed by atoms with Gasteiger partial charge >= 0.3 is 0 Å². The van der Waals surface area contributed by atoms with Crippen molar-refractivity contribution in [3.8, 4) is 0 Å². The van der Waals surface area contributed by atoms with Crippen LogP contribution in [0.25, 0.3) is 0 Å². The van der Waals surface area contributed by atoms with E-state index in [9.17, 15) is 10.2 Å². The highest BCUT2D eigenvalue weighted by atomic mass is 16.3. The quantitative estimate of drug-likeness (QED) is 0.355. The molecule has 0 saturated carbocycles. The van der Waals surface area contributed by atoms with E-state index in [1.165, 1.54) is 12.8 Å². The van der Waals surface area contributed by atoms with Crippen LogP contribution in [0, 0.1) is 5.92 Å². The van der Waals surface area contributed by atoms with Crippen LogP contribution in [-0.4, -0.2) is 28.7 Å². The predicted molar refractivity (Wildman–Crippen MR) is 66.7 cm³/mol. The molecule has 98 valence electrons. The number of nitrogens with two attached hydrogens (primary N) is 1. The van der Waals surface area contributed by atoms with Crippen molar-refractivity contribution < 1.29 is 10.2 Å². The van der Waals surface area contributed by atoms with Crippen LogP contribution in [0.2, 0.25) is 0 Å². The predicted octanol–water partition coefficient (Wildman–Crippen LogP) is 1.17. The van der Waals surface area contributed by atoms with Gasteiger partial charge in [-0.25, -0.2) is 0 Å². The van der Waals surface area contributed by atoms with Gasteiger partial charge < -0.3 is 15.9 Å². The molecule has 0 aliphatic rings. The fraction of sp³-hybridized carbons (Fsp3) is 1.00. The van der Waals surface area contributed by atoms with Crippen LogP contribution < -0.4 is 11.1 Å². The summed E-state index contributed by atoms with van der Waals surface area (Å²) in [6, 6.07) is -0.211. The molecule has 0 radical (unpaired) electrons. The zero-order valence-corrected chi connectivity index (χ0v) is 10.8. The summed E-state index contributed by atoms with van der Waals surface area (Å²) < 4.78 is 0. The largest absolute Gasteiger partial charge is 0.379 e. The van der Waals surface area contributed by atoms with E-state index < -0.39 is 12.5 Å². The fourth-order valence-corrected chi connectivity index (χ4v) is 1.72. The minimum absolute atomic E-state index is 0.211. The van der Waals surface area contributed by atoms with Crippen molar-refractivity contribution in [3.63, 3.8) is 0 Å². The molecule has 4 heteroatoms. The van der Waals surface area contributed by atoms with Crippen molar-refractivity contribution >= 4 is 0 Å². The molecule has 4 nitrogen and oxygen atoms in total. The zero-order valence-electron chi connectivity index (χ0n) is 10.8. The van der Waals surface area contributed by atoms with E-state index in [2.05, 4.69) is 19.2 Å². The molecule has 16 heavy (non-hydrogen) atoms. The van der Waals surface area contributed by atoms with Crippen LogP contribution in [0.3, 0.4) is 0 Å². The lowest BCUT2D eigenvalue weighted by Crippen LogP contribution is -2.48. The minimum atomic E-state index is -0.904. The molecule has 0 amide bonds. The van der Waals surface area contributed by atoms with Gasteiger partial charge in [0.15, 0.2) is 0 Å². The van der Waals surface area contributed by atoms with E-state index in [0.29, 0.717) is 0 Å². The van der Waals surface area contributed by atoms with Gasteiger partial charge in [0.2, 0.25) is 0 Å². The van der Waals surface area contributed by atoms with E-state index in [1.807, 2.05) is 0 Å². The lowest BCUT2D eigenvalue weighted by molar-refractivity contribution is 0.0725. The normalized spacial score (nSPS) is 19.1. The van der Waals surface area contributed by atoms with E-state index in [0.717, 1.165) is 25.2 Å².